The molecule has 1 aliphatic rings. The number of para-hydroxylation sites is 1. The van der Waals surface area contributed by atoms with Crippen LogP contribution in [0.1, 0.15) is 37.8 Å². The number of hydrogen-bond donors (Lipinski definition) is 1. The van der Waals surface area contributed by atoms with Gasteiger partial charge in [-0.15, -0.1) is 0 Å². The number of benzene rings is 2. The topological polar surface area (TPSA) is 49.4 Å². The van der Waals surface area contributed by atoms with Crippen LogP contribution in [0.25, 0.3) is 6.08 Å². The highest BCUT2D eigenvalue weighted by Crippen LogP contribution is 2.32. The van der Waals surface area contributed by atoms with Crippen molar-refractivity contribution < 1.29 is 9.59 Å². The number of carbonyl (C=O) groups is 2. The molecule has 1 heterocycles. The normalized spacial score (nSPS) is 15.6. The van der Waals surface area contributed by atoms with Crippen molar-refractivity contribution in [3.05, 3.63) is 82.3 Å². The van der Waals surface area contributed by atoms with Crippen LogP contribution in [-0.2, 0) is 16.0 Å². The fourth-order valence-electron chi connectivity index (χ4n) is 3.31. The van der Waals surface area contributed by atoms with E-state index in [9.17, 15) is 9.59 Å². The highest BCUT2D eigenvalue weighted by Gasteiger charge is 2.31. The number of anilines is 1. The quantitative estimate of drug-likeness (QED) is 0.407. The van der Waals surface area contributed by atoms with E-state index in [0.29, 0.717) is 28.6 Å². The SMILES string of the molecule is CCc1ccccc1NC(=O)CCCN1C(=O)C(=CC(C)=Cc2ccccc2)SC1=S. The monoisotopic (exact) mass is 450 g/mol. The van der Waals surface area contributed by atoms with Crippen LogP contribution >= 0.6 is 24.0 Å². The molecule has 4 nitrogen and oxygen atoms in total. The lowest BCUT2D eigenvalue weighted by Crippen LogP contribution is -2.29. The van der Waals surface area contributed by atoms with Crippen molar-refractivity contribution in [2.75, 3.05) is 11.9 Å². The molecule has 0 atom stereocenters. The minimum absolute atomic E-state index is 0.0523. The summed E-state index contributed by atoms with van der Waals surface area (Å²) in [5, 5.41) is 2.97. The molecule has 1 saturated heterocycles. The Morgan fingerprint density at radius 3 is 2.58 bits per heavy atom. The van der Waals surface area contributed by atoms with Crippen LogP contribution in [0.5, 0.6) is 0 Å². The smallest absolute Gasteiger partial charge is 0.266 e. The number of aryl methyl sites for hydroxylation is 1. The van der Waals surface area contributed by atoms with Crippen LogP contribution in [-0.4, -0.2) is 27.6 Å². The third-order valence-corrected chi connectivity index (χ3v) is 6.26. The summed E-state index contributed by atoms with van der Waals surface area (Å²) in [5.74, 6) is -0.143. The molecule has 2 aromatic carbocycles. The molecule has 1 fully saturated rings. The molecular weight excluding hydrogens is 424 g/mol. The van der Waals surface area contributed by atoms with Gasteiger partial charge < -0.3 is 5.32 Å². The Kier molecular flexibility index (Phi) is 8.20. The molecular formula is C25H26N2O2S2. The Labute approximate surface area is 193 Å². The molecule has 0 aromatic heterocycles. The Hall–Kier alpha value is -2.70. The van der Waals surface area contributed by atoms with E-state index in [1.165, 1.54) is 11.8 Å². The maximum Gasteiger partial charge on any atom is 0.266 e. The Bertz CT molecular complexity index is 1030. The van der Waals surface area contributed by atoms with E-state index in [1.807, 2.05) is 73.7 Å². The summed E-state index contributed by atoms with van der Waals surface area (Å²) >= 11 is 6.72. The number of amides is 2. The third kappa shape index (κ3) is 6.39. The van der Waals surface area contributed by atoms with Crippen molar-refractivity contribution in [3.63, 3.8) is 0 Å². The fourth-order valence-corrected chi connectivity index (χ4v) is 4.67. The lowest BCUT2D eigenvalue weighted by Gasteiger charge is -2.14. The number of rotatable bonds is 8. The zero-order valence-corrected chi connectivity index (χ0v) is 19.4. The van der Waals surface area contributed by atoms with Crippen molar-refractivity contribution in [3.8, 4) is 0 Å². The van der Waals surface area contributed by atoms with Gasteiger partial charge in [-0.25, -0.2) is 0 Å². The predicted octanol–water partition coefficient (Wildman–Crippen LogP) is 5.82. The van der Waals surface area contributed by atoms with E-state index in [2.05, 4.69) is 12.2 Å². The molecule has 1 N–H and O–H groups in total. The van der Waals surface area contributed by atoms with Crippen molar-refractivity contribution >= 4 is 51.9 Å². The molecule has 2 aromatic rings. The maximum absolute atomic E-state index is 12.8. The molecule has 0 bridgehead atoms. The van der Waals surface area contributed by atoms with Gasteiger partial charge in [0.1, 0.15) is 4.32 Å². The molecule has 2 amide bonds. The van der Waals surface area contributed by atoms with Crippen molar-refractivity contribution in [1.82, 2.24) is 4.90 Å². The first-order valence-corrected chi connectivity index (χ1v) is 11.6. The zero-order chi connectivity index (χ0) is 22.2. The number of allylic oxidation sites excluding steroid dienone is 2. The van der Waals surface area contributed by atoms with E-state index >= 15 is 0 Å². The first-order valence-electron chi connectivity index (χ1n) is 10.3. The maximum atomic E-state index is 12.8. The summed E-state index contributed by atoms with van der Waals surface area (Å²) in [6.45, 7) is 4.47. The van der Waals surface area contributed by atoms with E-state index in [0.717, 1.165) is 28.8 Å². The van der Waals surface area contributed by atoms with Gasteiger partial charge in [0.15, 0.2) is 0 Å². The highest BCUT2D eigenvalue weighted by molar-refractivity contribution is 8.26. The molecule has 0 spiro atoms. The molecule has 0 aliphatic carbocycles. The van der Waals surface area contributed by atoms with Gasteiger partial charge in [0.25, 0.3) is 5.91 Å². The summed E-state index contributed by atoms with van der Waals surface area (Å²) in [5.41, 5.74) is 4.03. The first kappa shape index (κ1) is 23.0. The van der Waals surface area contributed by atoms with Gasteiger partial charge >= 0.3 is 0 Å². The number of thioether (sulfide) groups is 1. The van der Waals surface area contributed by atoms with Gasteiger partial charge in [-0.1, -0.05) is 85.5 Å². The van der Waals surface area contributed by atoms with E-state index in [1.54, 1.807) is 4.90 Å². The molecule has 3 rings (SSSR count). The third-order valence-electron chi connectivity index (χ3n) is 4.88. The summed E-state index contributed by atoms with van der Waals surface area (Å²) in [7, 11) is 0. The first-order chi connectivity index (χ1) is 15.0. The average molecular weight is 451 g/mol. The second-order valence-corrected chi connectivity index (χ2v) is 8.97. The summed E-state index contributed by atoms with van der Waals surface area (Å²) in [4.78, 5) is 27.3. The van der Waals surface area contributed by atoms with Gasteiger partial charge in [0.2, 0.25) is 5.91 Å². The molecule has 6 heteroatoms. The van der Waals surface area contributed by atoms with Crippen LogP contribution in [0.2, 0.25) is 0 Å². The number of nitrogens with one attached hydrogen (secondary N) is 1. The zero-order valence-electron chi connectivity index (χ0n) is 17.8. The number of nitrogens with zero attached hydrogens (tertiary/aromatic N) is 1. The van der Waals surface area contributed by atoms with Gasteiger partial charge in [-0.3, -0.25) is 14.5 Å². The second kappa shape index (κ2) is 11.1. The summed E-state index contributed by atoms with van der Waals surface area (Å²) < 4.78 is 0.542. The summed E-state index contributed by atoms with van der Waals surface area (Å²) in [6.07, 6.45) is 5.66. The predicted molar refractivity (Wildman–Crippen MR) is 134 cm³/mol. The Morgan fingerprint density at radius 1 is 1.13 bits per heavy atom. The Morgan fingerprint density at radius 2 is 1.84 bits per heavy atom. The number of carbonyl (C=O) groups excluding carboxylic acids is 2. The van der Waals surface area contributed by atoms with E-state index < -0.39 is 0 Å². The van der Waals surface area contributed by atoms with Crippen LogP contribution in [0, 0.1) is 0 Å². The summed E-state index contributed by atoms with van der Waals surface area (Å²) in [6, 6.07) is 17.8. The standard InChI is InChI=1S/C25H26N2O2S2/c1-3-20-12-7-8-13-21(20)26-23(28)14-9-15-27-24(29)22(31-25(27)30)17-18(2)16-19-10-5-4-6-11-19/h4-8,10-13,16-17H,3,9,14-15H2,1-2H3,(H,26,28). The largest absolute Gasteiger partial charge is 0.326 e. The molecule has 0 unspecified atom stereocenters. The van der Waals surface area contributed by atoms with Gasteiger partial charge in [0, 0.05) is 18.7 Å². The van der Waals surface area contributed by atoms with E-state index in [-0.39, 0.29) is 11.8 Å². The van der Waals surface area contributed by atoms with Crippen molar-refractivity contribution in [2.24, 2.45) is 0 Å². The van der Waals surface area contributed by atoms with Crippen molar-refractivity contribution in [2.45, 2.75) is 33.1 Å². The Balaban J connectivity index is 1.54. The van der Waals surface area contributed by atoms with Crippen LogP contribution < -0.4 is 5.32 Å². The minimum atomic E-state index is -0.0902. The number of hydrogen-bond acceptors (Lipinski definition) is 4. The number of thiocarbonyl (C=S) groups is 1. The molecule has 1 aliphatic heterocycles. The lowest BCUT2D eigenvalue weighted by molar-refractivity contribution is -0.122. The van der Waals surface area contributed by atoms with Crippen LogP contribution in [0.4, 0.5) is 5.69 Å². The van der Waals surface area contributed by atoms with Gasteiger partial charge in [-0.2, -0.15) is 0 Å². The van der Waals surface area contributed by atoms with Gasteiger partial charge in [-0.05, 0) is 48.6 Å². The van der Waals surface area contributed by atoms with Crippen LogP contribution in [0.15, 0.2) is 71.2 Å². The molecule has 0 radical (unpaired) electrons. The molecule has 0 saturated carbocycles. The van der Waals surface area contributed by atoms with Crippen molar-refractivity contribution in [1.29, 1.82) is 0 Å². The van der Waals surface area contributed by atoms with Crippen LogP contribution in [0.3, 0.4) is 0 Å². The lowest BCUT2D eigenvalue weighted by atomic mass is 10.1. The minimum Gasteiger partial charge on any atom is -0.326 e. The average Bonchev–Trinajstić information content (AvgIpc) is 3.02. The molecule has 31 heavy (non-hydrogen) atoms. The van der Waals surface area contributed by atoms with Gasteiger partial charge in [0.05, 0.1) is 4.91 Å². The molecule has 160 valence electrons. The highest BCUT2D eigenvalue weighted by atomic mass is 32.2. The van der Waals surface area contributed by atoms with E-state index in [4.69, 9.17) is 12.2 Å². The second-order valence-electron chi connectivity index (χ2n) is 7.29. The fraction of sp³-hybridized carbons (Fsp3) is 0.240.